The van der Waals surface area contributed by atoms with Crippen molar-refractivity contribution in [3.63, 3.8) is 0 Å². The second-order valence-corrected chi connectivity index (χ2v) is 17.0. The maximum Gasteiger partial charge on any atom is 0.269 e. The van der Waals surface area contributed by atoms with Gasteiger partial charge in [0.2, 0.25) is 0 Å². The van der Waals surface area contributed by atoms with Crippen molar-refractivity contribution in [1.82, 2.24) is 4.57 Å². The average molecular weight is 755 g/mol. The van der Waals surface area contributed by atoms with Crippen molar-refractivity contribution in [2.75, 3.05) is 4.31 Å². The predicted octanol–water partition coefficient (Wildman–Crippen LogP) is 13.4. The molecule has 57 heavy (non-hydrogen) atoms. The lowest BCUT2D eigenvalue weighted by Gasteiger charge is -2.34. The molecule has 0 unspecified atom stereocenters. The minimum atomic E-state index is -4.09. The highest BCUT2D eigenvalue weighted by Gasteiger charge is 2.38. The van der Waals surface area contributed by atoms with Crippen molar-refractivity contribution >= 4 is 81.3 Å². The second-order valence-electron chi connectivity index (χ2n) is 15.3. The van der Waals surface area contributed by atoms with Crippen LogP contribution in [0.5, 0.6) is 0 Å². The van der Waals surface area contributed by atoms with Gasteiger partial charge >= 0.3 is 0 Å². The molecule has 2 aliphatic rings. The Labute approximate surface area is 332 Å². The van der Waals surface area contributed by atoms with Crippen LogP contribution in [0.3, 0.4) is 0 Å². The standard InChI is InChI=1S/C52H38N2O2S/c1-33-24-25-35(36-26-29-50-48(31-36)45-21-11-12-22-49(45)53(50)37-14-4-3-5-15-37)30-46(33)52-34(2)39-16-10-13-23-51(39)54(57(52,55)56)38-27-28-44-42-19-7-6-17-40(42)41-18-8-9-20-43(41)47(44)32-38/h3-7,9-17,19-32H,8,18H2,1-2H3. The Morgan fingerprint density at radius 3 is 2.07 bits per heavy atom. The molecule has 0 fully saturated rings. The van der Waals surface area contributed by atoms with Gasteiger partial charge in [0, 0.05) is 22.0 Å². The number of aryl methyl sites for hydroxylation is 2. The van der Waals surface area contributed by atoms with E-state index in [1.54, 1.807) is 4.31 Å². The van der Waals surface area contributed by atoms with Crippen molar-refractivity contribution in [2.24, 2.45) is 0 Å². The summed E-state index contributed by atoms with van der Waals surface area (Å²) in [6, 6.07) is 54.5. The molecule has 11 rings (SSSR count). The second kappa shape index (κ2) is 12.7. The predicted molar refractivity (Wildman–Crippen MR) is 240 cm³/mol. The van der Waals surface area contributed by atoms with E-state index in [0.717, 1.165) is 73.5 Å². The number of benzene rings is 8. The Hall–Kier alpha value is -6.69. The van der Waals surface area contributed by atoms with E-state index in [4.69, 9.17) is 0 Å². The van der Waals surface area contributed by atoms with E-state index in [0.29, 0.717) is 21.8 Å². The molecule has 0 atom stereocenters. The molecule has 0 amide bonds. The number of hydrogen-bond acceptors (Lipinski definition) is 2. The Balaban J connectivity index is 1.09. The van der Waals surface area contributed by atoms with Crippen molar-refractivity contribution < 1.29 is 8.42 Å². The fourth-order valence-electron chi connectivity index (χ4n) is 9.47. The summed E-state index contributed by atoms with van der Waals surface area (Å²) in [5.41, 5.74) is 12.4. The summed E-state index contributed by atoms with van der Waals surface area (Å²) in [6.07, 6.45) is 6.40. The summed E-state index contributed by atoms with van der Waals surface area (Å²) >= 11 is 0. The van der Waals surface area contributed by atoms with Gasteiger partial charge in [0.1, 0.15) is 0 Å². The summed E-state index contributed by atoms with van der Waals surface area (Å²) in [7, 11) is -4.09. The number of nitrogens with zero attached hydrogens (tertiary/aromatic N) is 2. The van der Waals surface area contributed by atoms with Crippen LogP contribution in [0.15, 0.2) is 164 Å². The Bertz CT molecular complexity index is 3340. The third-order valence-electron chi connectivity index (χ3n) is 12.1. The highest BCUT2D eigenvalue weighted by molar-refractivity contribution is 8.02. The molecule has 274 valence electrons. The van der Waals surface area contributed by atoms with Gasteiger partial charge in [-0.3, -0.25) is 0 Å². The number of allylic oxidation sites excluding steroid dienone is 2. The zero-order valence-electron chi connectivity index (χ0n) is 31.7. The topological polar surface area (TPSA) is 42.3 Å². The number of aromatic nitrogens is 1. The van der Waals surface area contributed by atoms with Crippen LogP contribution >= 0.6 is 0 Å². The molecule has 1 aromatic heterocycles. The van der Waals surface area contributed by atoms with Crippen LogP contribution in [0, 0.1) is 6.92 Å². The van der Waals surface area contributed by atoms with Crippen LogP contribution < -0.4 is 4.31 Å². The van der Waals surface area contributed by atoms with E-state index in [9.17, 15) is 0 Å². The van der Waals surface area contributed by atoms with Crippen molar-refractivity contribution in [3.8, 4) is 16.8 Å². The van der Waals surface area contributed by atoms with E-state index in [-0.39, 0.29) is 0 Å². The van der Waals surface area contributed by atoms with Gasteiger partial charge in [-0.2, -0.15) is 0 Å². The minimum Gasteiger partial charge on any atom is -0.309 e. The maximum atomic E-state index is 15.4. The van der Waals surface area contributed by atoms with E-state index in [1.165, 1.54) is 27.3 Å². The third-order valence-corrected chi connectivity index (χ3v) is 14.0. The molecule has 2 heterocycles. The molecule has 0 N–H and O–H groups in total. The van der Waals surface area contributed by atoms with Crippen molar-refractivity contribution in [2.45, 2.75) is 26.7 Å². The monoisotopic (exact) mass is 754 g/mol. The van der Waals surface area contributed by atoms with Gasteiger partial charge in [-0.25, -0.2) is 12.7 Å². The number of sulfonamides is 1. The molecule has 4 nitrogen and oxygen atoms in total. The van der Waals surface area contributed by atoms with Crippen LogP contribution in [0.4, 0.5) is 11.4 Å². The summed E-state index contributed by atoms with van der Waals surface area (Å²) < 4.78 is 34.8. The van der Waals surface area contributed by atoms with Gasteiger partial charge in [-0.1, -0.05) is 115 Å². The molecular formula is C52H38N2O2S. The van der Waals surface area contributed by atoms with Crippen LogP contribution in [-0.4, -0.2) is 13.0 Å². The first-order valence-corrected chi connectivity index (χ1v) is 21.0. The molecular weight excluding hydrogens is 717 g/mol. The molecule has 5 heteroatoms. The molecule has 0 bridgehead atoms. The number of rotatable bonds is 4. The fourth-order valence-corrected chi connectivity index (χ4v) is 11.5. The highest BCUT2D eigenvalue weighted by atomic mass is 32.2. The van der Waals surface area contributed by atoms with Crippen LogP contribution in [-0.2, 0) is 16.4 Å². The van der Waals surface area contributed by atoms with Crippen molar-refractivity contribution in [3.05, 3.63) is 192 Å². The summed E-state index contributed by atoms with van der Waals surface area (Å²) in [5.74, 6) is 0. The van der Waals surface area contributed by atoms with E-state index in [2.05, 4.69) is 138 Å². The molecule has 9 aromatic rings. The first-order chi connectivity index (χ1) is 27.9. The Kier molecular flexibility index (Phi) is 7.47. The first-order valence-electron chi connectivity index (χ1n) is 19.6. The summed E-state index contributed by atoms with van der Waals surface area (Å²) in [5, 5.41) is 6.98. The molecule has 0 saturated carbocycles. The molecule has 0 radical (unpaired) electrons. The SMILES string of the molecule is CC1=C(c2cc(-c3ccc4c(c3)c3ccccc3n4-c3ccccc3)ccc2C)S(=O)(=O)N(c2ccc3c(c2)c2c(c4ccccc43)CCC=C2)c2ccccc21. The smallest absolute Gasteiger partial charge is 0.269 e. The lowest BCUT2D eigenvalue weighted by Crippen LogP contribution is -2.31. The van der Waals surface area contributed by atoms with Gasteiger partial charge in [0.15, 0.2) is 0 Å². The lowest BCUT2D eigenvalue weighted by atomic mass is 9.86. The van der Waals surface area contributed by atoms with Gasteiger partial charge in [0.25, 0.3) is 10.0 Å². The van der Waals surface area contributed by atoms with Crippen LogP contribution in [0.2, 0.25) is 0 Å². The van der Waals surface area contributed by atoms with E-state index < -0.39 is 10.0 Å². The van der Waals surface area contributed by atoms with Gasteiger partial charge in [0.05, 0.1) is 27.3 Å². The Morgan fingerprint density at radius 2 is 1.21 bits per heavy atom. The largest absolute Gasteiger partial charge is 0.309 e. The normalized spacial score (nSPS) is 14.8. The Morgan fingerprint density at radius 1 is 0.526 bits per heavy atom. The zero-order chi connectivity index (χ0) is 38.4. The maximum absolute atomic E-state index is 15.4. The van der Waals surface area contributed by atoms with Crippen LogP contribution in [0.25, 0.3) is 76.7 Å². The number of fused-ring (bicyclic) bond motifs is 10. The molecule has 8 aromatic carbocycles. The van der Waals surface area contributed by atoms with E-state index >= 15 is 8.42 Å². The highest BCUT2D eigenvalue weighted by Crippen LogP contribution is 2.49. The molecule has 0 saturated heterocycles. The quantitative estimate of drug-likeness (QED) is 0.168. The number of para-hydroxylation sites is 3. The van der Waals surface area contributed by atoms with E-state index in [1.807, 2.05) is 50.2 Å². The molecule has 1 aliphatic carbocycles. The summed E-state index contributed by atoms with van der Waals surface area (Å²) in [4.78, 5) is 0.336. The van der Waals surface area contributed by atoms with Crippen molar-refractivity contribution in [1.29, 1.82) is 0 Å². The summed E-state index contributed by atoms with van der Waals surface area (Å²) in [6.45, 7) is 3.96. The minimum absolute atomic E-state index is 0.336. The molecule has 1 aliphatic heterocycles. The number of hydrogen-bond donors (Lipinski definition) is 0. The fraction of sp³-hybridized carbons (Fsp3) is 0.0769. The average Bonchev–Trinajstić information content (AvgIpc) is 3.58. The van der Waals surface area contributed by atoms with Gasteiger partial charge in [-0.05, 0) is 142 Å². The van der Waals surface area contributed by atoms with Gasteiger partial charge in [-0.15, -0.1) is 0 Å². The lowest BCUT2D eigenvalue weighted by molar-refractivity contribution is 0.605. The van der Waals surface area contributed by atoms with Crippen LogP contribution in [0.1, 0.15) is 41.2 Å². The zero-order valence-corrected chi connectivity index (χ0v) is 32.5. The molecule has 0 spiro atoms. The van der Waals surface area contributed by atoms with Gasteiger partial charge < -0.3 is 4.57 Å². The third kappa shape index (κ3) is 5.02. The first kappa shape index (κ1) is 33.6. The number of anilines is 2.